The Morgan fingerprint density at radius 3 is 2.94 bits per heavy atom. The fraction of sp³-hybridized carbons (Fsp3) is 0.333. The monoisotopic (exact) mass is 232 g/mol. The maximum Gasteiger partial charge on any atom is 0.320 e. The van der Waals surface area contributed by atoms with Gasteiger partial charge >= 0.3 is 6.03 Å². The SMILES string of the molecule is CC(C)NC(=O)Nc1cccc(C#CCN)n1. The van der Waals surface area contributed by atoms with Gasteiger partial charge in [-0.05, 0) is 31.9 Å². The van der Waals surface area contributed by atoms with Gasteiger partial charge in [-0.3, -0.25) is 5.32 Å². The highest BCUT2D eigenvalue weighted by Crippen LogP contribution is 2.03. The van der Waals surface area contributed by atoms with Crippen LogP contribution in [0.4, 0.5) is 10.6 Å². The summed E-state index contributed by atoms with van der Waals surface area (Å²) < 4.78 is 0. The first-order valence-electron chi connectivity index (χ1n) is 5.35. The van der Waals surface area contributed by atoms with Crippen LogP contribution in [0.3, 0.4) is 0 Å². The second-order valence-corrected chi connectivity index (χ2v) is 3.67. The maximum atomic E-state index is 11.4. The van der Waals surface area contributed by atoms with Crippen LogP contribution < -0.4 is 16.4 Å². The maximum absolute atomic E-state index is 11.4. The van der Waals surface area contributed by atoms with E-state index in [9.17, 15) is 4.79 Å². The summed E-state index contributed by atoms with van der Waals surface area (Å²) >= 11 is 0. The van der Waals surface area contributed by atoms with Gasteiger partial charge in [0.2, 0.25) is 0 Å². The fourth-order valence-corrected chi connectivity index (χ4v) is 1.13. The molecule has 0 spiro atoms. The normalized spacial score (nSPS) is 9.41. The highest BCUT2D eigenvalue weighted by molar-refractivity contribution is 5.88. The predicted molar refractivity (Wildman–Crippen MR) is 67.5 cm³/mol. The largest absolute Gasteiger partial charge is 0.336 e. The highest BCUT2D eigenvalue weighted by atomic mass is 16.2. The second kappa shape index (κ2) is 6.51. The average Bonchev–Trinajstić information content (AvgIpc) is 2.25. The number of hydrogen-bond acceptors (Lipinski definition) is 3. The molecule has 0 saturated heterocycles. The molecule has 5 heteroatoms. The summed E-state index contributed by atoms with van der Waals surface area (Å²) in [6.07, 6.45) is 0. The molecule has 0 aliphatic carbocycles. The van der Waals surface area contributed by atoms with Crippen LogP contribution in [-0.4, -0.2) is 23.6 Å². The lowest BCUT2D eigenvalue weighted by Gasteiger charge is -2.09. The van der Waals surface area contributed by atoms with E-state index >= 15 is 0 Å². The number of carbonyl (C=O) groups is 1. The van der Waals surface area contributed by atoms with E-state index < -0.39 is 0 Å². The van der Waals surface area contributed by atoms with Crippen molar-refractivity contribution in [1.29, 1.82) is 0 Å². The van der Waals surface area contributed by atoms with Gasteiger partial charge in [-0.2, -0.15) is 0 Å². The molecule has 0 unspecified atom stereocenters. The lowest BCUT2D eigenvalue weighted by molar-refractivity contribution is 0.250. The fourth-order valence-electron chi connectivity index (χ4n) is 1.13. The van der Waals surface area contributed by atoms with E-state index in [1.54, 1.807) is 18.2 Å². The van der Waals surface area contributed by atoms with E-state index in [1.165, 1.54) is 0 Å². The molecule has 4 N–H and O–H groups in total. The average molecular weight is 232 g/mol. The lowest BCUT2D eigenvalue weighted by Crippen LogP contribution is -2.34. The van der Waals surface area contributed by atoms with Crippen LogP contribution in [0.15, 0.2) is 18.2 Å². The zero-order chi connectivity index (χ0) is 12.7. The molecule has 90 valence electrons. The van der Waals surface area contributed by atoms with Crippen molar-refractivity contribution in [3.05, 3.63) is 23.9 Å². The molecule has 1 aromatic heterocycles. The van der Waals surface area contributed by atoms with Crippen molar-refractivity contribution >= 4 is 11.8 Å². The summed E-state index contributed by atoms with van der Waals surface area (Å²) in [6.45, 7) is 4.06. The first-order valence-corrected chi connectivity index (χ1v) is 5.35. The van der Waals surface area contributed by atoms with Crippen LogP contribution in [-0.2, 0) is 0 Å². The summed E-state index contributed by atoms with van der Waals surface area (Å²) in [4.78, 5) is 15.6. The number of amides is 2. The Balaban J connectivity index is 2.68. The predicted octanol–water partition coefficient (Wildman–Crippen LogP) is 0.922. The summed E-state index contributed by atoms with van der Waals surface area (Å²) in [5, 5.41) is 5.34. The summed E-state index contributed by atoms with van der Waals surface area (Å²) in [6, 6.07) is 5.03. The van der Waals surface area contributed by atoms with Gasteiger partial charge in [-0.1, -0.05) is 12.0 Å². The molecule has 17 heavy (non-hydrogen) atoms. The van der Waals surface area contributed by atoms with Gasteiger partial charge in [0, 0.05) is 6.04 Å². The van der Waals surface area contributed by atoms with Crippen molar-refractivity contribution < 1.29 is 4.79 Å². The van der Waals surface area contributed by atoms with Gasteiger partial charge in [0.1, 0.15) is 11.5 Å². The lowest BCUT2D eigenvalue weighted by atomic mass is 10.3. The molecular weight excluding hydrogens is 216 g/mol. The Hall–Kier alpha value is -2.06. The molecule has 0 aliphatic rings. The van der Waals surface area contributed by atoms with Gasteiger partial charge in [0.05, 0.1) is 6.54 Å². The zero-order valence-electron chi connectivity index (χ0n) is 9.95. The smallest absolute Gasteiger partial charge is 0.320 e. The highest BCUT2D eigenvalue weighted by Gasteiger charge is 2.03. The molecule has 1 rings (SSSR count). The number of nitrogens with one attached hydrogen (secondary N) is 2. The van der Waals surface area contributed by atoms with Gasteiger partial charge in [0.15, 0.2) is 0 Å². The molecule has 1 aromatic rings. The molecule has 0 fully saturated rings. The number of urea groups is 1. The molecule has 5 nitrogen and oxygen atoms in total. The number of pyridine rings is 1. The first kappa shape index (κ1) is 13.0. The molecule has 0 saturated carbocycles. The topological polar surface area (TPSA) is 80.0 Å². The van der Waals surface area contributed by atoms with E-state index in [0.717, 1.165) is 0 Å². The van der Waals surface area contributed by atoms with E-state index in [0.29, 0.717) is 11.5 Å². The van der Waals surface area contributed by atoms with Crippen LogP contribution in [0.25, 0.3) is 0 Å². The number of nitrogens with two attached hydrogens (primary N) is 1. The molecule has 0 radical (unpaired) electrons. The van der Waals surface area contributed by atoms with Gasteiger partial charge in [0.25, 0.3) is 0 Å². The molecule has 0 atom stereocenters. The molecule has 2 amide bonds. The van der Waals surface area contributed by atoms with Crippen LogP contribution in [0.5, 0.6) is 0 Å². The molecule has 0 aromatic carbocycles. The molecule has 0 aliphatic heterocycles. The summed E-state index contributed by atoms with van der Waals surface area (Å²) in [5.74, 6) is 5.97. The van der Waals surface area contributed by atoms with Crippen molar-refractivity contribution in [2.45, 2.75) is 19.9 Å². The van der Waals surface area contributed by atoms with Crippen LogP contribution in [0.2, 0.25) is 0 Å². The Kier molecular flexibility index (Phi) is 4.98. The van der Waals surface area contributed by atoms with E-state index in [2.05, 4.69) is 27.5 Å². The quantitative estimate of drug-likeness (QED) is 0.663. The van der Waals surface area contributed by atoms with E-state index in [4.69, 9.17) is 5.73 Å². The number of anilines is 1. The number of hydrogen-bond donors (Lipinski definition) is 3. The van der Waals surface area contributed by atoms with E-state index in [-0.39, 0.29) is 18.6 Å². The van der Waals surface area contributed by atoms with Crippen molar-refractivity contribution in [3.63, 3.8) is 0 Å². The van der Waals surface area contributed by atoms with Crippen LogP contribution >= 0.6 is 0 Å². The first-order chi connectivity index (χ1) is 8.11. The summed E-state index contributed by atoms with van der Waals surface area (Å²) in [7, 11) is 0. The van der Waals surface area contributed by atoms with Gasteiger partial charge in [-0.25, -0.2) is 9.78 Å². The third-order valence-electron chi connectivity index (χ3n) is 1.73. The molecule has 1 heterocycles. The minimum atomic E-state index is -0.281. The minimum Gasteiger partial charge on any atom is -0.336 e. The Labute approximate surface area is 101 Å². The minimum absolute atomic E-state index is 0.0789. The standard InChI is InChI=1S/C12H16N4O/c1-9(2)14-12(17)16-11-7-3-5-10(15-11)6-4-8-13/h3,5,7,9H,8,13H2,1-2H3,(H2,14,15,16,17). The Morgan fingerprint density at radius 1 is 1.53 bits per heavy atom. The second-order valence-electron chi connectivity index (χ2n) is 3.67. The zero-order valence-corrected chi connectivity index (χ0v) is 9.95. The van der Waals surface area contributed by atoms with Gasteiger partial charge in [-0.15, -0.1) is 0 Å². The van der Waals surface area contributed by atoms with Crippen molar-refractivity contribution in [3.8, 4) is 11.8 Å². The van der Waals surface area contributed by atoms with Crippen molar-refractivity contribution in [2.75, 3.05) is 11.9 Å². The van der Waals surface area contributed by atoms with Crippen LogP contribution in [0.1, 0.15) is 19.5 Å². The number of carbonyl (C=O) groups excluding carboxylic acids is 1. The third kappa shape index (κ3) is 5.00. The van der Waals surface area contributed by atoms with Crippen molar-refractivity contribution in [1.82, 2.24) is 10.3 Å². The van der Waals surface area contributed by atoms with Crippen LogP contribution in [0, 0.1) is 11.8 Å². The molecule has 0 bridgehead atoms. The number of aromatic nitrogens is 1. The van der Waals surface area contributed by atoms with Gasteiger partial charge < -0.3 is 11.1 Å². The molecular formula is C12H16N4O. The van der Waals surface area contributed by atoms with E-state index in [1.807, 2.05) is 13.8 Å². The summed E-state index contributed by atoms with van der Waals surface area (Å²) in [5.41, 5.74) is 5.85. The third-order valence-corrected chi connectivity index (χ3v) is 1.73. The number of nitrogens with zero attached hydrogens (tertiary/aromatic N) is 1. The number of rotatable bonds is 2. The van der Waals surface area contributed by atoms with Crippen molar-refractivity contribution in [2.24, 2.45) is 5.73 Å². The Bertz CT molecular complexity index is 445. The Morgan fingerprint density at radius 2 is 2.29 bits per heavy atom.